The lowest BCUT2D eigenvalue weighted by atomic mass is 10.0. The molecule has 0 aromatic heterocycles. The molecule has 0 aliphatic carbocycles. The van der Waals surface area contributed by atoms with E-state index < -0.39 is 0 Å². The van der Waals surface area contributed by atoms with Gasteiger partial charge in [0.25, 0.3) is 0 Å². The SMILES string of the molecule is CCCCCCCCCCCCCCCCN(CCCCC)OC(CC)[N+](C)(C)C. The lowest BCUT2D eigenvalue weighted by Gasteiger charge is -2.36. The van der Waals surface area contributed by atoms with E-state index in [1.807, 2.05) is 0 Å². The van der Waals surface area contributed by atoms with Crippen molar-refractivity contribution in [2.45, 2.75) is 143 Å². The van der Waals surface area contributed by atoms with E-state index in [2.05, 4.69) is 47.0 Å². The first-order valence-corrected chi connectivity index (χ1v) is 13.7. The molecular weight excluding hydrogens is 368 g/mol. The molecule has 182 valence electrons. The Bertz CT molecular complexity index is 340. The molecule has 1 atom stereocenters. The Hall–Kier alpha value is -0.120. The zero-order valence-electron chi connectivity index (χ0n) is 22.0. The summed E-state index contributed by atoms with van der Waals surface area (Å²) in [5.41, 5.74) is 0. The minimum absolute atomic E-state index is 0.262. The maximum Gasteiger partial charge on any atom is 0.211 e. The van der Waals surface area contributed by atoms with Crippen molar-refractivity contribution in [3.05, 3.63) is 0 Å². The first kappa shape index (κ1) is 29.9. The molecule has 0 aromatic carbocycles. The van der Waals surface area contributed by atoms with Crippen LogP contribution >= 0.6 is 0 Å². The van der Waals surface area contributed by atoms with Crippen molar-refractivity contribution < 1.29 is 9.32 Å². The molecule has 0 heterocycles. The number of hydrogen-bond donors (Lipinski definition) is 0. The summed E-state index contributed by atoms with van der Waals surface area (Å²) in [5.74, 6) is 0. The van der Waals surface area contributed by atoms with Crippen LogP contribution in [0.25, 0.3) is 0 Å². The second kappa shape index (κ2) is 20.8. The van der Waals surface area contributed by atoms with Gasteiger partial charge in [-0.25, -0.2) is 4.84 Å². The van der Waals surface area contributed by atoms with Crippen molar-refractivity contribution in [3.8, 4) is 0 Å². The van der Waals surface area contributed by atoms with E-state index in [1.165, 1.54) is 109 Å². The molecule has 0 aliphatic rings. The summed E-state index contributed by atoms with van der Waals surface area (Å²) < 4.78 is 0.875. The third kappa shape index (κ3) is 18.6. The summed E-state index contributed by atoms with van der Waals surface area (Å²) in [6.45, 7) is 9.00. The van der Waals surface area contributed by atoms with Crippen molar-refractivity contribution in [3.63, 3.8) is 0 Å². The highest BCUT2D eigenvalue weighted by Gasteiger charge is 2.25. The lowest BCUT2D eigenvalue weighted by molar-refractivity contribution is -0.925. The maximum atomic E-state index is 6.43. The number of unbranched alkanes of at least 4 members (excludes halogenated alkanes) is 15. The summed E-state index contributed by atoms with van der Waals surface area (Å²) >= 11 is 0. The van der Waals surface area contributed by atoms with E-state index in [1.54, 1.807) is 0 Å². The molecule has 0 radical (unpaired) electrons. The molecule has 0 fully saturated rings. The van der Waals surface area contributed by atoms with Crippen LogP contribution in [-0.2, 0) is 4.84 Å². The Kier molecular flexibility index (Phi) is 20.7. The van der Waals surface area contributed by atoms with Crippen LogP contribution in [0.1, 0.15) is 136 Å². The van der Waals surface area contributed by atoms with E-state index in [4.69, 9.17) is 4.84 Å². The van der Waals surface area contributed by atoms with Gasteiger partial charge in [0.2, 0.25) is 6.23 Å². The monoisotopic (exact) mass is 427 g/mol. The normalized spacial score (nSPS) is 13.3. The van der Waals surface area contributed by atoms with E-state index in [0.717, 1.165) is 24.0 Å². The molecule has 0 saturated carbocycles. The second-order valence-corrected chi connectivity index (χ2v) is 10.3. The van der Waals surface area contributed by atoms with E-state index >= 15 is 0 Å². The van der Waals surface area contributed by atoms with Crippen molar-refractivity contribution >= 4 is 0 Å². The first-order chi connectivity index (χ1) is 14.5. The molecule has 0 N–H and O–H groups in total. The third-order valence-corrected chi connectivity index (χ3v) is 6.26. The molecule has 0 rings (SSSR count). The Balaban J connectivity index is 3.77. The average molecular weight is 428 g/mol. The Morgan fingerprint density at radius 3 is 1.23 bits per heavy atom. The molecule has 3 heteroatoms. The fourth-order valence-electron chi connectivity index (χ4n) is 4.17. The molecule has 30 heavy (non-hydrogen) atoms. The van der Waals surface area contributed by atoms with Gasteiger partial charge < -0.3 is 4.48 Å². The molecule has 0 spiro atoms. The van der Waals surface area contributed by atoms with Crippen LogP contribution in [0.2, 0.25) is 0 Å². The minimum Gasteiger partial charge on any atom is -0.305 e. The number of nitrogens with zero attached hydrogens (tertiary/aromatic N) is 2. The van der Waals surface area contributed by atoms with Crippen molar-refractivity contribution in [1.82, 2.24) is 5.06 Å². The Labute approximate surface area is 191 Å². The minimum atomic E-state index is 0.262. The first-order valence-electron chi connectivity index (χ1n) is 13.7. The van der Waals surface area contributed by atoms with Crippen LogP contribution < -0.4 is 0 Å². The maximum absolute atomic E-state index is 6.43. The molecule has 0 aliphatic heterocycles. The van der Waals surface area contributed by atoms with Gasteiger partial charge in [0.05, 0.1) is 21.1 Å². The lowest BCUT2D eigenvalue weighted by Crippen LogP contribution is -2.49. The zero-order valence-corrected chi connectivity index (χ0v) is 22.0. The van der Waals surface area contributed by atoms with Crippen LogP contribution in [0, 0.1) is 0 Å². The van der Waals surface area contributed by atoms with Gasteiger partial charge in [-0.05, 0) is 12.8 Å². The summed E-state index contributed by atoms with van der Waals surface area (Å²) in [6.07, 6.45) is 25.0. The summed E-state index contributed by atoms with van der Waals surface area (Å²) in [7, 11) is 6.72. The van der Waals surface area contributed by atoms with Crippen LogP contribution in [0.3, 0.4) is 0 Å². The molecule has 3 nitrogen and oxygen atoms in total. The molecule has 0 bridgehead atoms. The average Bonchev–Trinajstić information content (AvgIpc) is 2.70. The molecule has 0 saturated heterocycles. The molecular formula is C27H59N2O+. The summed E-state index contributed by atoms with van der Waals surface area (Å²) in [5, 5.41) is 2.29. The number of hydroxylamine groups is 2. The Morgan fingerprint density at radius 1 is 0.533 bits per heavy atom. The van der Waals surface area contributed by atoms with Crippen molar-refractivity contribution in [1.29, 1.82) is 0 Å². The predicted octanol–water partition coefficient (Wildman–Crippen LogP) is 8.33. The van der Waals surface area contributed by atoms with Crippen molar-refractivity contribution in [2.24, 2.45) is 0 Å². The fourth-order valence-corrected chi connectivity index (χ4v) is 4.17. The van der Waals surface area contributed by atoms with Gasteiger partial charge >= 0.3 is 0 Å². The van der Waals surface area contributed by atoms with Gasteiger partial charge in [-0.3, -0.25) is 0 Å². The highest BCUT2D eigenvalue weighted by molar-refractivity contribution is 4.53. The van der Waals surface area contributed by atoms with Crippen LogP contribution in [0.4, 0.5) is 0 Å². The zero-order chi connectivity index (χ0) is 22.5. The number of hydrogen-bond acceptors (Lipinski definition) is 2. The van der Waals surface area contributed by atoms with E-state index in [-0.39, 0.29) is 6.23 Å². The largest absolute Gasteiger partial charge is 0.305 e. The smallest absolute Gasteiger partial charge is 0.211 e. The fraction of sp³-hybridized carbons (Fsp3) is 1.00. The van der Waals surface area contributed by atoms with Gasteiger partial charge in [0.15, 0.2) is 0 Å². The topological polar surface area (TPSA) is 12.5 Å². The number of rotatable bonds is 23. The molecule has 0 aromatic rings. The Morgan fingerprint density at radius 2 is 0.867 bits per heavy atom. The summed E-state index contributed by atoms with van der Waals surface area (Å²) in [4.78, 5) is 6.43. The van der Waals surface area contributed by atoms with Gasteiger partial charge in [-0.15, -0.1) is 0 Å². The van der Waals surface area contributed by atoms with E-state index in [9.17, 15) is 0 Å². The standard InChI is InChI=1S/C27H59N2O/c1-7-10-12-13-14-15-16-17-18-19-20-21-22-24-26-28(25-23-11-8-2)30-27(9-3)29(4,5)6/h27H,7-26H2,1-6H3/q+1. The van der Waals surface area contributed by atoms with Crippen LogP contribution in [-0.4, -0.2) is 50.0 Å². The van der Waals surface area contributed by atoms with Gasteiger partial charge in [-0.2, -0.15) is 5.06 Å². The number of quaternary nitrogens is 1. The molecule has 1 unspecified atom stereocenters. The molecule has 0 amide bonds. The van der Waals surface area contributed by atoms with Gasteiger partial charge in [0.1, 0.15) is 0 Å². The third-order valence-electron chi connectivity index (χ3n) is 6.26. The van der Waals surface area contributed by atoms with Crippen LogP contribution in [0.5, 0.6) is 0 Å². The van der Waals surface area contributed by atoms with E-state index in [0.29, 0.717) is 0 Å². The predicted molar refractivity (Wildman–Crippen MR) is 135 cm³/mol. The summed E-state index contributed by atoms with van der Waals surface area (Å²) in [6, 6.07) is 0. The quantitative estimate of drug-likeness (QED) is 0.0703. The highest BCUT2D eigenvalue weighted by atomic mass is 16.7. The highest BCUT2D eigenvalue weighted by Crippen LogP contribution is 2.15. The van der Waals surface area contributed by atoms with Gasteiger partial charge in [-0.1, -0.05) is 117 Å². The van der Waals surface area contributed by atoms with Crippen LogP contribution in [0.15, 0.2) is 0 Å². The van der Waals surface area contributed by atoms with Gasteiger partial charge in [0, 0.05) is 19.5 Å². The second-order valence-electron chi connectivity index (χ2n) is 10.3. The van der Waals surface area contributed by atoms with Crippen molar-refractivity contribution in [2.75, 3.05) is 34.2 Å².